The standard InChI is InChI=1S/C20H30N2O2/c1-5-10-21-19(24)20(4)9-6-11-22(14-20)13-18(23)17-8-7-15(2)12-16(17)3/h7-8,12H,5-6,9-11,13-14H2,1-4H3,(H,21,24). The summed E-state index contributed by atoms with van der Waals surface area (Å²) >= 11 is 0. The Morgan fingerprint density at radius 1 is 1.29 bits per heavy atom. The average Bonchev–Trinajstić information content (AvgIpc) is 2.52. The summed E-state index contributed by atoms with van der Waals surface area (Å²) in [6.45, 7) is 10.7. The monoisotopic (exact) mass is 330 g/mol. The normalized spacial score (nSPS) is 21.5. The molecule has 1 heterocycles. The van der Waals surface area contributed by atoms with Gasteiger partial charge in [0.1, 0.15) is 0 Å². The van der Waals surface area contributed by atoms with Gasteiger partial charge in [-0.25, -0.2) is 0 Å². The fourth-order valence-corrected chi connectivity index (χ4v) is 3.53. The Kier molecular flexibility index (Phi) is 6.16. The number of benzene rings is 1. The zero-order chi connectivity index (χ0) is 17.7. The number of nitrogens with zero attached hydrogens (tertiary/aromatic N) is 1. The first kappa shape index (κ1) is 18.7. The van der Waals surface area contributed by atoms with Crippen LogP contribution in [-0.2, 0) is 4.79 Å². The molecule has 24 heavy (non-hydrogen) atoms. The predicted octanol–water partition coefficient (Wildman–Crippen LogP) is 3.11. The number of carbonyl (C=O) groups is 2. The van der Waals surface area contributed by atoms with Crippen molar-refractivity contribution in [2.75, 3.05) is 26.2 Å². The molecule has 0 aliphatic carbocycles. The SMILES string of the molecule is CCCNC(=O)C1(C)CCCN(CC(=O)c2ccc(C)cc2C)C1. The minimum absolute atomic E-state index is 0.119. The van der Waals surface area contributed by atoms with E-state index in [9.17, 15) is 9.59 Å². The second-order valence-electron chi connectivity index (χ2n) is 7.37. The van der Waals surface area contributed by atoms with E-state index in [-0.39, 0.29) is 11.7 Å². The number of rotatable bonds is 6. The van der Waals surface area contributed by atoms with Crippen LogP contribution < -0.4 is 5.32 Å². The van der Waals surface area contributed by atoms with E-state index >= 15 is 0 Å². The first-order valence-corrected chi connectivity index (χ1v) is 8.97. The van der Waals surface area contributed by atoms with Crippen LogP contribution >= 0.6 is 0 Å². The van der Waals surface area contributed by atoms with Gasteiger partial charge in [0.15, 0.2) is 5.78 Å². The number of piperidine rings is 1. The molecule has 1 amide bonds. The van der Waals surface area contributed by atoms with Crippen molar-refractivity contribution in [3.8, 4) is 0 Å². The van der Waals surface area contributed by atoms with E-state index in [0.717, 1.165) is 43.5 Å². The molecule has 1 fully saturated rings. The van der Waals surface area contributed by atoms with Crippen molar-refractivity contribution in [3.05, 3.63) is 34.9 Å². The maximum absolute atomic E-state index is 12.7. The Morgan fingerprint density at radius 3 is 2.71 bits per heavy atom. The fourth-order valence-electron chi connectivity index (χ4n) is 3.53. The number of carbonyl (C=O) groups excluding carboxylic acids is 2. The Morgan fingerprint density at radius 2 is 2.04 bits per heavy atom. The van der Waals surface area contributed by atoms with Gasteiger partial charge in [0.2, 0.25) is 5.91 Å². The minimum atomic E-state index is -0.393. The van der Waals surface area contributed by atoms with Crippen LogP contribution in [0.4, 0.5) is 0 Å². The van der Waals surface area contributed by atoms with E-state index < -0.39 is 5.41 Å². The van der Waals surface area contributed by atoms with Gasteiger partial charge in [0, 0.05) is 18.7 Å². The smallest absolute Gasteiger partial charge is 0.227 e. The number of hydrogen-bond donors (Lipinski definition) is 1. The summed E-state index contributed by atoms with van der Waals surface area (Å²) in [5.74, 6) is 0.263. The van der Waals surface area contributed by atoms with E-state index in [1.807, 2.05) is 39.0 Å². The molecule has 0 saturated carbocycles. The molecule has 1 saturated heterocycles. The van der Waals surface area contributed by atoms with Gasteiger partial charge < -0.3 is 5.32 Å². The Labute approximate surface area is 145 Å². The lowest BCUT2D eigenvalue weighted by molar-refractivity contribution is -0.133. The second kappa shape index (κ2) is 7.93. The molecular weight excluding hydrogens is 300 g/mol. The first-order valence-electron chi connectivity index (χ1n) is 8.97. The van der Waals surface area contributed by atoms with Crippen LogP contribution in [0.3, 0.4) is 0 Å². The summed E-state index contributed by atoms with van der Waals surface area (Å²) in [6.07, 6.45) is 2.78. The largest absolute Gasteiger partial charge is 0.356 e. The molecule has 2 rings (SSSR count). The number of amides is 1. The first-order chi connectivity index (χ1) is 11.4. The average molecular weight is 330 g/mol. The Bertz CT molecular complexity index is 612. The predicted molar refractivity (Wildman–Crippen MR) is 97.3 cm³/mol. The van der Waals surface area contributed by atoms with Gasteiger partial charge in [-0.1, -0.05) is 30.7 Å². The molecule has 4 nitrogen and oxygen atoms in total. The summed E-state index contributed by atoms with van der Waals surface area (Å²) < 4.78 is 0. The van der Waals surface area contributed by atoms with Gasteiger partial charge in [-0.2, -0.15) is 0 Å². The van der Waals surface area contributed by atoms with Gasteiger partial charge in [-0.3, -0.25) is 14.5 Å². The van der Waals surface area contributed by atoms with Crippen molar-refractivity contribution in [2.45, 2.75) is 47.0 Å². The maximum atomic E-state index is 12.7. The van der Waals surface area contributed by atoms with E-state index in [1.165, 1.54) is 5.56 Å². The van der Waals surface area contributed by atoms with Crippen LogP contribution in [0.15, 0.2) is 18.2 Å². The van der Waals surface area contributed by atoms with Crippen LogP contribution in [0.5, 0.6) is 0 Å². The van der Waals surface area contributed by atoms with E-state index in [2.05, 4.69) is 17.1 Å². The number of nitrogens with one attached hydrogen (secondary N) is 1. The summed E-state index contributed by atoms with van der Waals surface area (Å²) in [5.41, 5.74) is 2.60. The molecule has 1 aliphatic rings. The zero-order valence-corrected chi connectivity index (χ0v) is 15.4. The summed E-state index contributed by atoms with van der Waals surface area (Å²) in [7, 11) is 0. The van der Waals surface area contributed by atoms with Crippen molar-refractivity contribution in [3.63, 3.8) is 0 Å². The third kappa shape index (κ3) is 4.44. The fraction of sp³-hybridized carbons (Fsp3) is 0.600. The molecule has 0 bridgehead atoms. The highest BCUT2D eigenvalue weighted by atomic mass is 16.2. The van der Waals surface area contributed by atoms with Crippen molar-refractivity contribution in [1.82, 2.24) is 10.2 Å². The molecule has 132 valence electrons. The second-order valence-corrected chi connectivity index (χ2v) is 7.37. The third-order valence-corrected chi connectivity index (χ3v) is 4.91. The number of likely N-dealkylation sites (tertiary alicyclic amines) is 1. The van der Waals surface area contributed by atoms with E-state index in [1.54, 1.807) is 0 Å². The van der Waals surface area contributed by atoms with Crippen LogP contribution in [0.2, 0.25) is 0 Å². The van der Waals surface area contributed by atoms with Crippen LogP contribution in [-0.4, -0.2) is 42.8 Å². The maximum Gasteiger partial charge on any atom is 0.227 e. The molecular formula is C20H30N2O2. The number of Topliss-reactive ketones (excluding diaryl/α,β-unsaturated/α-hetero) is 1. The highest BCUT2D eigenvalue weighted by molar-refractivity contribution is 5.99. The molecule has 4 heteroatoms. The molecule has 0 spiro atoms. The van der Waals surface area contributed by atoms with Gasteiger partial charge >= 0.3 is 0 Å². The molecule has 1 aromatic carbocycles. The molecule has 0 radical (unpaired) electrons. The lowest BCUT2D eigenvalue weighted by Gasteiger charge is -2.39. The Hall–Kier alpha value is -1.68. The van der Waals surface area contributed by atoms with Crippen LogP contribution in [0.1, 0.15) is 54.6 Å². The lowest BCUT2D eigenvalue weighted by atomic mass is 9.80. The lowest BCUT2D eigenvalue weighted by Crippen LogP contribution is -2.51. The zero-order valence-electron chi connectivity index (χ0n) is 15.4. The van der Waals surface area contributed by atoms with Crippen molar-refractivity contribution in [1.29, 1.82) is 0 Å². The molecule has 1 N–H and O–H groups in total. The highest BCUT2D eigenvalue weighted by Gasteiger charge is 2.38. The number of hydrogen-bond acceptors (Lipinski definition) is 3. The van der Waals surface area contributed by atoms with E-state index in [0.29, 0.717) is 13.1 Å². The summed E-state index contributed by atoms with van der Waals surface area (Å²) in [5, 5.41) is 3.01. The molecule has 1 aliphatic heterocycles. The number of aryl methyl sites for hydroxylation is 2. The van der Waals surface area contributed by atoms with E-state index in [4.69, 9.17) is 0 Å². The third-order valence-electron chi connectivity index (χ3n) is 4.91. The van der Waals surface area contributed by atoms with Crippen molar-refractivity contribution >= 4 is 11.7 Å². The molecule has 1 unspecified atom stereocenters. The van der Waals surface area contributed by atoms with Crippen molar-refractivity contribution < 1.29 is 9.59 Å². The van der Waals surface area contributed by atoms with Gasteiger partial charge in [0.25, 0.3) is 0 Å². The van der Waals surface area contributed by atoms with Gasteiger partial charge in [0.05, 0.1) is 12.0 Å². The molecule has 1 aromatic rings. The van der Waals surface area contributed by atoms with Crippen LogP contribution in [0.25, 0.3) is 0 Å². The Balaban J connectivity index is 2.02. The summed E-state index contributed by atoms with van der Waals surface area (Å²) in [4.78, 5) is 27.2. The highest BCUT2D eigenvalue weighted by Crippen LogP contribution is 2.30. The van der Waals surface area contributed by atoms with Crippen LogP contribution in [0, 0.1) is 19.3 Å². The van der Waals surface area contributed by atoms with Gasteiger partial charge in [-0.05, 0) is 52.1 Å². The molecule has 0 aromatic heterocycles. The topological polar surface area (TPSA) is 49.4 Å². The minimum Gasteiger partial charge on any atom is -0.356 e. The number of ketones is 1. The van der Waals surface area contributed by atoms with Gasteiger partial charge in [-0.15, -0.1) is 0 Å². The van der Waals surface area contributed by atoms with Crippen molar-refractivity contribution in [2.24, 2.45) is 5.41 Å². The summed E-state index contributed by atoms with van der Waals surface area (Å²) in [6, 6.07) is 5.95. The molecule has 1 atom stereocenters. The quantitative estimate of drug-likeness (QED) is 0.815.